The Hall–Kier alpha value is -1.31. The van der Waals surface area contributed by atoms with Gasteiger partial charge in [0.05, 0.1) is 0 Å². The first-order valence-corrected chi connectivity index (χ1v) is 8.93. The number of carbonyl (C=O) groups is 1. The smallest absolute Gasteiger partial charge is 0.303 e. The van der Waals surface area contributed by atoms with Crippen LogP contribution < -0.4 is 0 Å². The van der Waals surface area contributed by atoms with Gasteiger partial charge in [-0.1, -0.05) is 94.7 Å². The van der Waals surface area contributed by atoms with E-state index in [4.69, 9.17) is 5.11 Å². The summed E-state index contributed by atoms with van der Waals surface area (Å²) in [6, 6.07) is 0. The third kappa shape index (κ3) is 18.7. The molecule has 2 nitrogen and oxygen atoms in total. The van der Waals surface area contributed by atoms with Gasteiger partial charge in [-0.3, -0.25) is 4.79 Å². The lowest BCUT2D eigenvalue weighted by Crippen LogP contribution is -1.93. The maximum Gasteiger partial charge on any atom is 0.303 e. The van der Waals surface area contributed by atoms with E-state index in [1.165, 1.54) is 64.2 Å². The second kappa shape index (κ2) is 17.7. The Labute approximate surface area is 137 Å². The Morgan fingerprint density at radius 3 is 1.73 bits per heavy atom. The van der Waals surface area contributed by atoms with Gasteiger partial charge in [0, 0.05) is 6.42 Å². The molecule has 0 saturated carbocycles. The van der Waals surface area contributed by atoms with Crippen LogP contribution in [-0.2, 0) is 4.79 Å². The zero-order chi connectivity index (χ0) is 16.3. The third-order valence-corrected chi connectivity index (χ3v) is 3.76. The highest BCUT2D eigenvalue weighted by molar-refractivity contribution is 5.66. The molecular weight excluding hydrogens is 272 g/mol. The Bertz CT molecular complexity index is 316. The lowest BCUT2D eigenvalue weighted by Gasteiger charge is -2.02. The predicted molar refractivity (Wildman–Crippen MR) is 96.1 cm³/mol. The fourth-order valence-electron chi connectivity index (χ4n) is 2.45. The van der Waals surface area contributed by atoms with Gasteiger partial charge in [-0.25, -0.2) is 0 Å². The van der Waals surface area contributed by atoms with Crippen molar-refractivity contribution < 1.29 is 9.90 Å². The fraction of sp³-hybridized carbons (Fsp3) is 0.650. The molecule has 0 bridgehead atoms. The van der Waals surface area contributed by atoms with E-state index in [0.29, 0.717) is 6.42 Å². The lowest BCUT2D eigenvalue weighted by molar-refractivity contribution is -0.137. The normalized spacial score (nSPS) is 11.5. The molecule has 0 aliphatic carbocycles. The standard InChI is InChI=1S/C20H34O2/c1-2-3-4-5-6-7-8-9-10-11-12-13-14-15-16-17-18-19-20(21)22/h2-6H,1,7-19H2,(H,21,22). The summed E-state index contributed by atoms with van der Waals surface area (Å²) >= 11 is 0. The van der Waals surface area contributed by atoms with Crippen LogP contribution in [0.4, 0.5) is 0 Å². The molecule has 0 saturated heterocycles. The number of carboxylic acids is 1. The van der Waals surface area contributed by atoms with Crippen LogP contribution in [0.25, 0.3) is 0 Å². The molecule has 0 aromatic rings. The van der Waals surface area contributed by atoms with Gasteiger partial charge in [0.1, 0.15) is 0 Å². The first-order chi connectivity index (χ1) is 10.8. The molecule has 0 rings (SSSR count). The minimum atomic E-state index is -0.663. The molecule has 126 valence electrons. The maximum absolute atomic E-state index is 10.3. The van der Waals surface area contributed by atoms with Gasteiger partial charge >= 0.3 is 5.97 Å². The number of aliphatic carboxylic acids is 1. The number of allylic oxidation sites excluding steroid dienone is 5. The van der Waals surface area contributed by atoms with Crippen molar-refractivity contribution in [2.45, 2.75) is 83.5 Å². The first kappa shape index (κ1) is 20.7. The largest absolute Gasteiger partial charge is 0.481 e. The van der Waals surface area contributed by atoms with Gasteiger partial charge in [0.2, 0.25) is 0 Å². The number of hydrogen-bond donors (Lipinski definition) is 1. The van der Waals surface area contributed by atoms with E-state index in [1.807, 2.05) is 12.2 Å². The molecule has 0 aliphatic heterocycles. The van der Waals surface area contributed by atoms with Crippen LogP contribution in [0.1, 0.15) is 83.5 Å². The van der Waals surface area contributed by atoms with Gasteiger partial charge < -0.3 is 5.11 Å². The van der Waals surface area contributed by atoms with E-state index >= 15 is 0 Å². The quantitative estimate of drug-likeness (QED) is 0.263. The molecule has 0 unspecified atom stereocenters. The zero-order valence-electron chi connectivity index (χ0n) is 14.1. The van der Waals surface area contributed by atoms with Crippen molar-refractivity contribution in [1.82, 2.24) is 0 Å². The van der Waals surface area contributed by atoms with E-state index < -0.39 is 5.97 Å². The van der Waals surface area contributed by atoms with Crippen LogP contribution in [0.2, 0.25) is 0 Å². The van der Waals surface area contributed by atoms with E-state index in [1.54, 1.807) is 6.08 Å². The van der Waals surface area contributed by atoms with Gasteiger partial charge in [-0.05, 0) is 19.3 Å². The lowest BCUT2D eigenvalue weighted by atomic mass is 10.0. The van der Waals surface area contributed by atoms with Crippen LogP contribution >= 0.6 is 0 Å². The zero-order valence-corrected chi connectivity index (χ0v) is 14.1. The molecule has 0 amide bonds. The highest BCUT2D eigenvalue weighted by Crippen LogP contribution is 2.12. The van der Waals surface area contributed by atoms with E-state index in [2.05, 4.69) is 18.7 Å². The number of rotatable bonds is 16. The Morgan fingerprint density at radius 2 is 1.23 bits per heavy atom. The molecule has 22 heavy (non-hydrogen) atoms. The molecule has 0 aromatic heterocycles. The first-order valence-electron chi connectivity index (χ1n) is 8.93. The summed E-state index contributed by atoms with van der Waals surface area (Å²) in [6.07, 6.45) is 25.3. The minimum absolute atomic E-state index is 0.333. The van der Waals surface area contributed by atoms with Gasteiger partial charge in [0.15, 0.2) is 0 Å². The van der Waals surface area contributed by atoms with E-state index in [9.17, 15) is 4.79 Å². The monoisotopic (exact) mass is 306 g/mol. The second-order valence-corrected chi connectivity index (χ2v) is 5.87. The van der Waals surface area contributed by atoms with Crippen molar-refractivity contribution in [2.75, 3.05) is 0 Å². The topological polar surface area (TPSA) is 37.3 Å². The van der Waals surface area contributed by atoms with Crippen molar-refractivity contribution in [3.63, 3.8) is 0 Å². The summed E-state index contributed by atoms with van der Waals surface area (Å²) in [5.41, 5.74) is 0. The van der Waals surface area contributed by atoms with E-state index in [0.717, 1.165) is 12.8 Å². The molecule has 0 aliphatic rings. The molecular formula is C20H34O2. The second-order valence-electron chi connectivity index (χ2n) is 5.87. The fourth-order valence-corrected chi connectivity index (χ4v) is 2.45. The predicted octanol–water partition coefficient (Wildman–Crippen LogP) is 6.44. The summed E-state index contributed by atoms with van der Waals surface area (Å²) in [5, 5.41) is 8.53. The highest BCUT2D eigenvalue weighted by atomic mass is 16.4. The number of carboxylic acid groups (broad SMARTS) is 1. The van der Waals surface area contributed by atoms with Crippen molar-refractivity contribution in [3.05, 3.63) is 37.0 Å². The number of hydrogen-bond acceptors (Lipinski definition) is 1. The Balaban J connectivity index is 3.08. The average molecular weight is 306 g/mol. The summed E-state index contributed by atoms with van der Waals surface area (Å²) in [6.45, 7) is 3.63. The molecule has 0 atom stereocenters. The van der Waals surface area contributed by atoms with Crippen LogP contribution in [0.5, 0.6) is 0 Å². The van der Waals surface area contributed by atoms with Crippen molar-refractivity contribution in [3.8, 4) is 0 Å². The molecule has 0 aromatic carbocycles. The van der Waals surface area contributed by atoms with Crippen LogP contribution in [0, 0.1) is 0 Å². The summed E-state index contributed by atoms with van der Waals surface area (Å²) in [5.74, 6) is -0.663. The van der Waals surface area contributed by atoms with Gasteiger partial charge in [0.25, 0.3) is 0 Å². The summed E-state index contributed by atoms with van der Waals surface area (Å²) in [7, 11) is 0. The van der Waals surface area contributed by atoms with Gasteiger partial charge in [-0.15, -0.1) is 0 Å². The van der Waals surface area contributed by atoms with Crippen molar-refractivity contribution in [2.24, 2.45) is 0 Å². The maximum atomic E-state index is 10.3. The molecule has 0 spiro atoms. The van der Waals surface area contributed by atoms with Crippen molar-refractivity contribution in [1.29, 1.82) is 0 Å². The van der Waals surface area contributed by atoms with Crippen LogP contribution in [0.15, 0.2) is 37.0 Å². The van der Waals surface area contributed by atoms with Gasteiger partial charge in [-0.2, -0.15) is 0 Å². The summed E-state index contributed by atoms with van der Waals surface area (Å²) in [4.78, 5) is 10.3. The molecule has 0 radical (unpaired) electrons. The molecule has 1 N–H and O–H groups in total. The Morgan fingerprint density at radius 1 is 0.727 bits per heavy atom. The molecule has 2 heteroatoms. The minimum Gasteiger partial charge on any atom is -0.481 e. The highest BCUT2D eigenvalue weighted by Gasteiger charge is 1.96. The molecule has 0 heterocycles. The third-order valence-electron chi connectivity index (χ3n) is 3.76. The Kier molecular flexibility index (Phi) is 16.7. The van der Waals surface area contributed by atoms with Crippen LogP contribution in [-0.4, -0.2) is 11.1 Å². The summed E-state index contributed by atoms with van der Waals surface area (Å²) < 4.78 is 0. The van der Waals surface area contributed by atoms with Crippen molar-refractivity contribution >= 4 is 5.97 Å². The molecule has 0 fully saturated rings. The SMILES string of the molecule is C=CC=CC=CCCCCCCCCCCCCCC(=O)O. The average Bonchev–Trinajstić information content (AvgIpc) is 2.50. The number of unbranched alkanes of at least 4 members (excludes halogenated alkanes) is 11. The van der Waals surface area contributed by atoms with E-state index in [-0.39, 0.29) is 0 Å². The van der Waals surface area contributed by atoms with Crippen LogP contribution in [0.3, 0.4) is 0 Å².